The summed E-state index contributed by atoms with van der Waals surface area (Å²) in [6, 6.07) is 0. The molecule has 9 heavy (non-hydrogen) atoms. The standard InChI is InChI=1S/C2H2O4.K.2H2O/c3-1(4)2(5)6;;;/h(H,3,4)(H,5,6);;2*1H2. The summed E-state index contributed by atoms with van der Waals surface area (Å²) in [5.41, 5.74) is 0. The van der Waals surface area contributed by atoms with Gasteiger partial charge in [-0.25, -0.2) is 9.59 Å². The summed E-state index contributed by atoms with van der Waals surface area (Å²) in [5, 5.41) is 14.8. The van der Waals surface area contributed by atoms with Crippen LogP contribution in [0.1, 0.15) is 0 Å². The zero-order valence-corrected chi connectivity index (χ0v) is 7.83. The molecule has 0 saturated heterocycles. The molecule has 0 bridgehead atoms. The predicted octanol–water partition coefficient (Wildman–Crippen LogP) is -2.87. The minimum atomic E-state index is -1.82. The number of rotatable bonds is 0. The van der Waals surface area contributed by atoms with Crippen molar-refractivity contribution in [3.05, 3.63) is 0 Å². The van der Waals surface area contributed by atoms with Gasteiger partial charge >= 0.3 is 11.9 Å². The van der Waals surface area contributed by atoms with Gasteiger partial charge in [0.2, 0.25) is 0 Å². The smallest absolute Gasteiger partial charge is 0.414 e. The van der Waals surface area contributed by atoms with Gasteiger partial charge in [0.05, 0.1) is 0 Å². The van der Waals surface area contributed by atoms with Crippen LogP contribution in [0.5, 0.6) is 0 Å². The molecule has 0 aliphatic rings. The first-order chi connectivity index (χ1) is 2.64. The summed E-state index contributed by atoms with van der Waals surface area (Å²) in [7, 11) is 0. The van der Waals surface area contributed by atoms with Gasteiger partial charge in [0.25, 0.3) is 0 Å². The van der Waals surface area contributed by atoms with E-state index in [4.69, 9.17) is 19.8 Å². The zero-order valence-electron chi connectivity index (χ0n) is 4.71. The molecule has 51 valence electrons. The molecule has 0 atom stereocenters. The Bertz CT molecular complexity index is 77.1. The summed E-state index contributed by atoms with van der Waals surface area (Å²) >= 11 is 0. The quantitative estimate of drug-likeness (QED) is 0.294. The molecule has 0 aromatic rings. The monoisotopic (exact) mass is 165 g/mol. The SMILES string of the molecule is O.O.O=C(O)C(=O)O.[K]. The third-order valence-corrected chi connectivity index (χ3v) is 0.183. The zero-order chi connectivity index (χ0) is 5.15. The summed E-state index contributed by atoms with van der Waals surface area (Å²) in [6.07, 6.45) is 0. The van der Waals surface area contributed by atoms with Crippen molar-refractivity contribution in [3.63, 3.8) is 0 Å². The summed E-state index contributed by atoms with van der Waals surface area (Å²) in [6.45, 7) is 0. The van der Waals surface area contributed by atoms with Crippen LogP contribution in [0.4, 0.5) is 0 Å². The summed E-state index contributed by atoms with van der Waals surface area (Å²) in [4.78, 5) is 18.2. The Morgan fingerprint density at radius 3 is 1.00 bits per heavy atom. The van der Waals surface area contributed by atoms with E-state index in [9.17, 15) is 0 Å². The van der Waals surface area contributed by atoms with Gasteiger partial charge in [0.15, 0.2) is 0 Å². The van der Waals surface area contributed by atoms with Crippen LogP contribution in [-0.2, 0) is 9.59 Å². The molecule has 0 aromatic carbocycles. The first-order valence-corrected chi connectivity index (χ1v) is 1.11. The summed E-state index contributed by atoms with van der Waals surface area (Å²) < 4.78 is 0. The maximum Gasteiger partial charge on any atom is 0.414 e. The van der Waals surface area contributed by atoms with Crippen molar-refractivity contribution in [1.82, 2.24) is 0 Å². The molecule has 0 heterocycles. The molecular formula is C2H6KO6. The van der Waals surface area contributed by atoms with Crippen molar-refractivity contribution in [1.29, 1.82) is 0 Å². The van der Waals surface area contributed by atoms with Gasteiger partial charge in [-0.3, -0.25) is 0 Å². The average molecular weight is 165 g/mol. The number of carboxylic acids is 2. The largest absolute Gasteiger partial charge is 0.473 e. The molecule has 6 N–H and O–H groups in total. The van der Waals surface area contributed by atoms with E-state index < -0.39 is 11.9 Å². The first-order valence-electron chi connectivity index (χ1n) is 1.11. The first kappa shape index (κ1) is 22.7. The van der Waals surface area contributed by atoms with Crippen molar-refractivity contribution in [2.75, 3.05) is 0 Å². The molecule has 7 heteroatoms. The van der Waals surface area contributed by atoms with Crippen LogP contribution in [0, 0.1) is 0 Å². The number of hydrogen-bond acceptors (Lipinski definition) is 2. The third kappa shape index (κ3) is 17.7. The van der Waals surface area contributed by atoms with Crippen molar-refractivity contribution >= 4 is 63.3 Å². The topological polar surface area (TPSA) is 138 Å². The van der Waals surface area contributed by atoms with Crippen molar-refractivity contribution in [3.8, 4) is 0 Å². The molecule has 0 unspecified atom stereocenters. The van der Waals surface area contributed by atoms with Gasteiger partial charge in [-0.15, -0.1) is 0 Å². The molecule has 0 aromatic heterocycles. The van der Waals surface area contributed by atoms with Gasteiger partial charge in [-0.1, -0.05) is 0 Å². The minimum absolute atomic E-state index is 0. The molecule has 0 aliphatic heterocycles. The van der Waals surface area contributed by atoms with Gasteiger partial charge < -0.3 is 21.2 Å². The van der Waals surface area contributed by atoms with E-state index in [1.165, 1.54) is 0 Å². The molecule has 0 rings (SSSR count). The number of carbonyl (C=O) groups is 2. The van der Waals surface area contributed by atoms with Crippen LogP contribution in [0.25, 0.3) is 0 Å². The summed E-state index contributed by atoms with van der Waals surface area (Å²) in [5.74, 6) is -3.65. The van der Waals surface area contributed by atoms with Crippen molar-refractivity contribution in [2.45, 2.75) is 0 Å². The van der Waals surface area contributed by atoms with Crippen LogP contribution in [-0.4, -0.2) is 84.5 Å². The molecule has 0 spiro atoms. The van der Waals surface area contributed by atoms with Crippen LogP contribution in [0.3, 0.4) is 0 Å². The molecular weight excluding hydrogens is 159 g/mol. The second-order valence-corrected chi connectivity index (χ2v) is 0.610. The fourth-order valence-corrected chi connectivity index (χ4v) is 0. The molecule has 1 radical (unpaired) electrons. The molecule has 0 aliphatic carbocycles. The van der Waals surface area contributed by atoms with Crippen LogP contribution in [0.15, 0.2) is 0 Å². The molecule has 6 nitrogen and oxygen atoms in total. The Hall–Kier alpha value is 0.496. The van der Waals surface area contributed by atoms with Gasteiger partial charge in [0, 0.05) is 51.4 Å². The van der Waals surface area contributed by atoms with E-state index in [-0.39, 0.29) is 62.3 Å². The molecule has 0 saturated carbocycles. The maximum atomic E-state index is 9.10. The fourth-order valence-electron chi connectivity index (χ4n) is 0. The van der Waals surface area contributed by atoms with Gasteiger partial charge in [0.1, 0.15) is 0 Å². The second-order valence-electron chi connectivity index (χ2n) is 0.610. The van der Waals surface area contributed by atoms with E-state index in [1.807, 2.05) is 0 Å². The second kappa shape index (κ2) is 11.3. The Labute approximate surface area is 92.9 Å². The third-order valence-electron chi connectivity index (χ3n) is 0.183. The number of aliphatic carboxylic acids is 2. The van der Waals surface area contributed by atoms with Gasteiger partial charge in [-0.05, 0) is 0 Å². The Morgan fingerprint density at radius 1 is 0.889 bits per heavy atom. The van der Waals surface area contributed by atoms with E-state index in [1.54, 1.807) is 0 Å². The Morgan fingerprint density at radius 2 is 1.00 bits per heavy atom. The predicted molar refractivity (Wildman–Crippen MR) is 28.3 cm³/mol. The van der Waals surface area contributed by atoms with Gasteiger partial charge in [-0.2, -0.15) is 0 Å². The van der Waals surface area contributed by atoms with Crippen molar-refractivity contribution in [2.24, 2.45) is 0 Å². The minimum Gasteiger partial charge on any atom is -0.473 e. The van der Waals surface area contributed by atoms with E-state index >= 15 is 0 Å². The van der Waals surface area contributed by atoms with E-state index in [0.717, 1.165) is 0 Å². The molecule has 0 amide bonds. The van der Waals surface area contributed by atoms with Crippen molar-refractivity contribution < 1.29 is 30.8 Å². The number of carboxylic acid groups (broad SMARTS) is 2. The Kier molecular flexibility index (Phi) is 28.5. The fraction of sp³-hybridized carbons (Fsp3) is 0. The average Bonchev–Trinajstić information content (AvgIpc) is 1.36. The number of hydrogen-bond donors (Lipinski definition) is 2. The van der Waals surface area contributed by atoms with Crippen LogP contribution in [0.2, 0.25) is 0 Å². The Balaban J connectivity index is -0.0000000417. The molecule has 0 fully saturated rings. The van der Waals surface area contributed by atoms with Crippen LogP contribution < -0.4 is 0 Å². The van der Waals surface area contributed by atoms with E-state index in [0.29, 0.717) is 0 Å². The van der Waals surface area contributed by atoms with Crippen LogP contribution >= 0.6 is 0 Å². The maximum absolute atomic E-state index is 9.10. The normalized spacial score (nSPS) is 4.89. The van der Waals surface area contributed by atoms with E-state index in [2.05, 4.69) is 0 Å².